The molecule has 0 saturated heterocycles. The highest BCUT2D eigenvalue weighted by atomic mass is 35.5. The summed E-state index contributed by atoms with van der Waals surface area (Å²) in [6.45, 7) is 0. The Hall–Kier alpha value is -2.39. The van der Waals surface area contributed by atoms with Crippen LogP contribution in [-0.2, 0) is 10.0 Å². The second-order valence-electron chi connectivity index (χ2n) is 3.95. The van der Waals surface area contributed by atoms with Crippen molar-refractivity contribution in [2.75, 3.05) is 10.5 Å². The van der Waals surface area contributed by atoms with Gasteiger partial charge in [-0.15, -0.1) is 0 Å². The summed E-state index contributed by atoms with van der Waals surface area (Å²) in [5.41, 5.74) is 5.04. The molecule has 2 aromatic rings. The maximum absolute atomic E-state index is 12.1. The fourth-order valence-electron chi connectivity index (χ4n) is 1.53. The number of halogens is 1. The van der Waals surface area contributed by atoms with Crippen LogP contribution >= 0.6 is 11.6 Å². The molecule has 0 bridgehead atoms. The second kappa shape index (κ2) is 5.54. The first-order valence-electron chi connectivity index (χ1n) is 5.48. The van der Waals surface area contributed by atoms with Crippen molar-refractivity contribution in [3.05, 3.63) is 51.7 Å². The first-order chi connectivity index (χ1) is 9.79. The number of hydrogen-bond donors (Lipinski definition) is 2. The number of nitro benzene ring substituents is 1. The van der Waals surface area contributed by atoms with Gasteiger partial charge in [0.25, 0.3) is 15.7 Å². The van der Waals surface area contributed by atoms with E-state index in [2.05, 4.69) is 9.71 Å². The summed E-state index contributed by atoms with van der Waals surface area (Å²) in [5, 5.41) is 10.7. The Balaban J connectivity index is 2.37. The van der Waals surface area contributed by atoms with Crippen LogP contribution < -0.4 is 10.5 Å². The van der Waals surface area contributed by atoms with Crippen LogP contribution in [0, 0.1) is 10.1 Å². The molecule has 8 nitrogen and oxygen atoms in total. The third kappa shape index (κ3) is 3.38. The zero-order valence-corrected chi connectivity index (χ0v) is 11.9. The predicted octanol–water partition coefficient (Wildman–Crippen LogP) is 2.03. The van der Waals surface area contributed by atoms with E-state index in [9.17, 15) is 18.5 Å². The number of rotatable bonds is 4. The van der Waals surface area contributed by atoms with Crippen molar-refractivity contribution in [3.63, 3.8) is 0 Å². The van der Waals surface area contributed by atoms with Gasteiger partial charge in [0.05, 0.1) is 15.5 Å². The van der Waals surface area contributed by atoms with Crippen molar-refractivity contribution in [1.82, 2.24) is 4.98 Å². The number of aromatic nitrogens is 1. The molecule has 1 aromatic carbocycles. The van der Waals surface area contributed by atoms with Crippen molar-refractivity contribution in [2.45, 2.75) is 4.90 Å². The zero-order chi connectivity index (χ0) is 15.6. The Kier molecular flexibility index (Phi) is 3.96. The summed E-state index contributed by atoms with van der Waals surface area (Å²) in [5.74, 6) is 0.0416. The Morgan fingerprint density at radius 2 is 2.00 bits per heavy atom. The number of nitrogens with one attached hydrogen (secondary N) is 1. The molecule has 110 valence electrons. The van der Waals surface area contributed by atoms with E-state index in [1.165, 1.54) is 30.5 Å². The number of nitrogens with two attached hydrogens (primary N) is 1. The monoisotopic (exact) mass is 328 g/mol. The summed E-state index contributed by atoms with van der Waals surface area (Å²) in [4.78, 5) is 13.7. The van der Waals surface area contributed by atoms with E-state index < -0.39 is 20.6 Å². The van der Waals surface area contributed by atoms with Crippen molar-refractivity contribution < 1.29 is 13.3 Å². The highest BCUT2D eigenvalue weighted by molar-refractivity contribution is 7.92. The average Bonchev–Trinajstić information content (AvgIpc) is 2.40. The molecule has 0 amide bonds. The van der Waals surface area contributed by atoms with E-state index in [1.807, 2.05) is 0 Å². The lowest BCUT2D eigenvalue weighted by atomic mass is 10.3. The fraction of sp³-hybridized carbons (Fsp3) is 0. The van der Waals surface area contributed by atoms with Crippen molar-refractivity contribution >= 4 is 38.8 Å². The largest absolute Gasteiger partial charge is 0.384 e. The van der Waals surface area contributed by atoms with E-state index in [4.69, 9.17) is 17.3 Å². The van der Waals surface area contributed by atoms with Crippen LogP contribution in [0.5, 0.6) is 0 Å². The van der Waals surface area contributed by atoms with Gasteiger partial charge in [-0.05, 0) is 18.2 Å². The minimum atomic E-state index is -3.93. The van der Waals surface area contributed by atoms with E-state index in [-0.39, 0.29) is 21.4 Å². The molecule has 0 unspecified atom stereocenters. The van der Waals surface area contributed by atoms with Gasteiger partial charge in [0, 0.05) is 18.3 Å². The number of pyridine rings is 1. The van der Waals surface area contributed by atoms with E-state index >= 15 is 0 Å². The van der Waals surface area contributed by atoms with E-state index in [0.29, 0.717) is 0 Å². The van der Waals surface area contributed by atoms with Crippen LogP contribution in [0.2, 0.25) is 5.02 Å². The number of hydrogen-bond acceptors (Lipinski definition) is 6. The summed E-state index contributed by atoms with van der Waals surface area (Å²) in [7, 11) is -3.93. The zero-order valence-electron chi connectivity index (χ0n) is 10.4. The average molecular weight is 329 g/mol. The van der Waals surface area contributed by atoms with Gasteiger partial charge in [-0.25, -0.2) is 13.4 Å². The lowest BCUT2D eigenvalue weighted by molar-refractivity contribution is -0.384. The first kappa shape index (κ1) is 15.0. The first-order valence-corrected chi connectivity index (χ1v) is 7.34. The molecule has 3 N–H and O–H groups in total. The number of nitrogen functional groups attached to an aromatic ring is 1. The minimum absolute atomic E-state index is 0.0153. The summed E-state index contributed by atoms with van der Waals surface area (Å²) in [6.07, 6.45) is 1.24. The lowest BCUT2D eigenvalue weighted by Crippen LogP contribution is -2.13. The standard InChI is InChI=1S/C11H9ClN4O4S/c12-9-2-1-7(5-10(9)16(17)18)15-21(19,20)8-3-4-14-11(13)6-8/h1-6,15H,(H2,13,14). The normalized spacial score (nSPS) is 11.1. The molecular formula is C11H9ClN4O4S. The number of nitro groups is 1. The molecule has 1 heterocycles. The quantitative estimate of drug-likeness (QED) is 0.652. The Labute approximate surface area is 124 Å². The summed E-state index contributed by atoms with van der Waals surface area (Å²) in [6, 6.07) is 6.01. The number of nitrogens with zero attached hydrogens (tertiary/aromatic N) is 2. The molecule has 0 aliphatic rings. The molecule has 0 atom stereocenters. The number of anilines is 2. The molecule has 0 fully saturated rings. The van der Waals surface area contributed by atoms with Gasteiger partial charge in [-0.1, -0.05) is 11.6 Å². The van der Waals surface area contributed by atoms with Crippen molar-refractivity contribution in [3.8, 4) is 0 Å². The van der Waals surface area contributed by atoms with Crippen LogP contribution in [0.15, 0.2) is 41.4 Å². The van der Waals surface area contributed by atoms with E-state index in [0.717, 1.165) is 6.07 Å². The van der Waals surface area contributed by atoms with Gasteiger partial charge >= 0.3 is 0 Å². The molecule has 10 heteroatoms. The maximum Gasteiger partial charge on any atom is 0.289 e. The molecule has 1 aromatic heterocycles. The highest BCUT2D eigenvalue weighted by Crippen LogP contribution is 2.28. The summed E-state index contributed by atoms with van der Waals surface area (Å²) >= 11 is 5.66. The smallest absolute Gasteiger partial charge is 0.289 e. The molecule has 0 saturated carbocycles. The van der Waals surface area contributed by atoms with E-state index in [1.54, 1.807) is 0 Å². The van der Waals surface area contributed by atoms with Crippen LogP contribution in [0.25, 0.3) is 0 Å². The number of sulfonamides is 1. The molecule has 0 spiro atoms. The Morgan fingerprint density at radius 3 is 2.62 bits per heavy atom. The third-order valence-corrected chi connectivity index (χ3v) is 4.16. The topological polar surface area (TPSA) is 128 Å². The van der Waals surface area contributed by atoms with Crippen LogP contribution in [0.1, 0.15) is 0 Å². The lowest BCUT2D eigenvalue weighted by Gasteiger charge is -2.08. The molecule has 0 aliphatic carbocycles. The van der Waals surface area contributed by atoms with Gasteiger partial charge in [-0.2, -0.15) is 0 Å². The Bertz CT molecular complexity index is 810. The summed E-state index contributed by atoms with van der Waals surface area (Å²) < 4.78 is 26.5. The number of benzene rings is 1. The molecular weight excluding hydrogens is 320 g/mol. The molecule has 21 heavy (non-hydrogen) atoms. The van der Waals surface area contributed by atoms with Crippen LogP contribution in [0.4, 0.5) is 17.2 Å². The molecule has 0 radical (unpaired) electrons. The SMILES string of the molecule is Nc1cc(S(=O)(=O)Nc2ccc(Cl)c([N+](=O)[O-])c2)ccn1. The highest BCUT2D eigenvalue weighted by Gasteiger charge is 2.18. The Morgan fingerprint density at radius 1 is 1.29 bits per heavy atom. The molecule has 2 rings (SSSR count). The minimum Gasteiger partial charge on any atom is -0.384 e. The van der Waals surface area contributed by atoms with Gasteiger partial charge < -0.3 is 5.73 Å². The van der Waals surface area contributed by atoms with Crippen LogP contribution in [-0.4, -0.2) is 18.3 Å². The second-order valence-corrected chi connectivity index (χ2v) is 6.03. The van der Waals surface area contributed by atoms with Gasteiger partial charge in [0.1, 0.15) is 10.8 Å². The predicted molar refractivity (Wildman–Crippen MR) is 77.6 cm³/mol. The third-order valence-electron chi connectivity index (χ3n) is 2.46. The van der Waals surface area contributed by atoms with Crippen LogP contribution in [0.3, 0.4) is 0 Å². The van der Waals surface area contributed by atoms with Crippen molar-refractivity contribution in [1.29, 1.82) is 0 Å². The molecule has 0 aliphatic heterocycles. The van der Waals surface area contributed by atoms with Gasteiger partial charge in [0.15, 0.2) is 0 Å². The van der Waals surface area contributed by atoms with Gasteiger partial charge in [-0.3, -0.25) is 14.8 Å². The van der Waals surface area contributed by atoms with Gasteiger partial charge in [0.2, 0.25) is 0 Å². The maximum atomic E-state index is 12.1. The fourth-order valence-corrected chi connectivity index (χ4v) is 2.78. The van der Waals surface area contributed by atoms with Crippen molar-refractivity contribution in [2.24, 2.45) is 0 Å².